The quantitative estimate of drug-likeness (QED) is 0.157. The van der Waals surface area contributed by atoms with E-state index >= 15 is 0 Å². The maximum absolute atomic E-state index is 12.8. The van der Waals surface area contributed by atoms with Crippen LogP contribution >= 0.6 is 31.9 Å². The number of rotatable bonds is 1. The molecule has 1 spiro atoms. The number of hydrogen-bond acceptors (Lipinski definition) is 4. The normalized spacial score (nSPS) is 15.6. The van der Waals surface area contributed by atoms with Crippen LogP contribution in [0.3, 0.4) is 0 Å². The second kappa shape index (κ2) is 13.7. The minimum Gasteiger partial charge on any atom is -1.00 e. The Bertz CT molecular complexity index is 2590. The van der Waals surface area contributed by atoms with Crippen molar-refractivity contribution < 1.29 is 31.4 Å². The summed E-state index contributed by atoms with van der Waals surface area (Å²) in [4.78, 5) is 12.8. The smallest absolute Gasteiger partial charge is 0.340 e. The predicted octanol–water partition coefficient (Wildman–Crippen LogP) is 8.08. The molecule has 266 valence electrons. The average Bonchev–Trinajstić information content (AvgIpc) is 3.43. The zero-order chi connectivity index (χ0) is 36.6. The topological polar surface area (TPSA) is 44.8 Å². The molecule has 3 aliphatic rings. The van der Waals surface area contributed by atoms with Crippen molar-refractivity contribution in [2.45, 2.75) is 47.1 Å². The van der Waals surface area contributed by atoms with Crippen LogP contribution in [0.5, 0.6) is 23.0 Å². The summed E-state index contributed by atoms with van der Waals surface area (Å²) in [6.07, 6.45) is 0. The zero-order valence-corrected chi connectivity index (χ0v) is 34.1. The highest BCUT2D eigenvalue weighted by atomic mass is 79.9. The van der Waals surface area contributed by atoms with Crippen LogP contribution in [-0.4, -0.2) is 5.97 Å². The van der Waals surface area contributed by atoms with E-state index in [-0.39, 0.29) is 18.4 Å². The average molecular weight is 848 g/mol. The molecule has 53 heavy (non-hydrogen) atoms. The lowest BCUT2D eigenvalue weighted by atomic mass is 9.76. The summed E-state index contributed by atoms with van der Waals surface area (Å²) >= 11 is 7.41. The third-order valence-electron chi connectivity index (χ3n) is 10.7. The molecule has 0 bridgehead atoms. The molecule has 0 radical (unpaired) electrons. The largest absolute Gasteiger partial charge is 1.00 e. The van der Waals surface area contributed by atoms with Crippen molar-refractivity contribution in [2.24, 2.45) is 0 Å². The minimum absolute atomic E-state index is 0. The van der Waals surface area contributed by atoms with Gasteiger partial charge in [0.1, 0.15) is 23.0 Å². The van der Waals surface area contributed by atoms with Gasteiger partial charge in [0.05, 0.1) is 14.5 Å². The molecule has 0 N–H and O–H groups in total. The Hall–Kier alpha value is -4.62. The summed E-state index contributed by atoms with van der Waals surface area (Å²) in [5, 5.41) is 2.12. The molecule has 3 aliphatic heterocycles. The summed E-state index contributed by atoms with van der Waals surface area (Å²) in [6, 6.07) is 32.7. The van der Waals surface area contributed by atoms with Gasteiger partial charge in [0, 0.05) is 33.0 Å². The summed E-state index contributed by atoms with van der Waals surface area (Å²) in [5.74, 6) is 2.96. The Morgan fingerprint density at radius 1 is 0.528 bits per heavy atom. The van der Waals surface area contributed by atoms with Gasteiger partial charge in [-0.2, -0.15) is 0 Å². The Morgan fingerprint density at radius 3 is 1.83 bits per heavy atom. The fourth-order valence-electron chi connectivity index (χ4n) is 7.50. The van der Waals surface area contributed by atoms with E-state index in [2.05, 4.69) is 121 Å². The maximum atomic E-state index is 12.8. The van der Waals surface area contributed by atoms with Crippen molar-refractivity contribution in [3.8, 4) is 23.0 Å². The second-order valence-electron chi connectivity index (χ2n) is 13.8. The van der Waals surface area contributed by atoms with Crippen LogP contribution in [0.1, 0.15) is 71.6 Å². The van der Waals surface area contributed by atoms with E-state index in [4.69, 9.17) is 14.2 Å². The molecule has 6 aromatic carbocycles. The van der Waals surface area contributed by atoms with Crippen LogP contribution < -0.4 is 32.3 Å². The van der Waals surface area contributed by atoms with Crippen molar-refractivity contribution in [1.82, 2.24) is 0 Å². The summed E-state index contributed by atoms with van der Waals surface area (Å²) < 4.78 is 20.8. The van der Waals surface area contributed by atoms with Gasteiger partial charge in [-0.25, -0.2) is 4.79 Å². The van der Waals surface area contributed by atoms with E-state index in [9.17, 15) is 4.79 Å². The molecule has 6 aromatic rings. The molecule has 3 heterocycles. The molecule has 9 rings (SSSR count). The molecule has 0 aliphatic carbocycles. The number of carbonyl (C=O) groups excluding carboxylic acids is 1. The zero-order valence-electron chi connectivity index (χ0n) is 30.2. The molecule has 7 heteroatoms. The van der Waals surface area contributed by atoms with Gasteiger partial charge in [-0.1, -0.05) is 91.5 Å². The SMILES string of the molecule is C=c1ccc2c(c1C)Oc1c(ccc(C)c1Br)C=2c1ccccc1C.Cc1ccc2c(c1C)Oc1c(ccc(C)c1Br)C21OC(=O)c2ccccc21.[Cl-]. The van der Waals surface area contributed by atoms with E-state index in [1.807, 2.05) is 56.3 Å². The Morgan fingerprint density at radius 2 is 1.11 bits per heavy atom. The van der Waals surface area contributed by atoms with Crippen molar-refractivity contribution in [2.75, 3.05) is 0 Å². The fourth-order valence-corrected chi connectivity index (χ4v) is 8.35. The third kappa shape index (κ3) is 5.57. The first kappa shape index (κ1) is 36.7. The maximum Gasteiger partial charge on any atom is 0.340 e. The third-order valence-corrected chi connectivity index (χ3v) is 12.6. The van der Waals surface area contributed by atoms with E-state index < -0.39 is 5.60 Å². The first-order chi connectivity index (χ1) is 24.9. The van der Waals surface area contributed by atoms with Crippen LogP contribution in [0.15, 0.2) is 106 Å². The molecular formula is C46H36Br2ClO4-. The molecule has 1 unspecified atom stereocenters. The van der Waals surface area contributed by atoms with E-state index in [0.29, 0.717) is 11.3 Å². The lowest BCUT2D eigenvalue weighted by Crippen LogP contribution is -3.00. The lowest BCUT2D eigenvalue weighted by molar-refractivity contribution is -0.0000547. The van der Waals surface area contributed by atoms with Crippen molar-refractivity contribution in [3.63, 3.8) is 0 Å². The first-order valence-electron chi connectivity index (χ1n) is 17.2. The van der Waals surface area contributed by atoms with Gasteiger partial charge in [0.15, 0.2) is 5.60 Å². The molecule has 1 atom stereocenters. The van der Waals surface area contributed by atoms with Crippen molar-refractivity contribution in [1.29, 1.82) is 0 Å². The minimum atomic E-state index is -0.995. The predicted molar refractivity (Wildman–Crippen MR) is 214 cm³/mol. The van der Waals surface area contributed by atoms with Gasteiger partial charge >= 0.3 is 5.97 Å². The second-order valence-corrected chi connectivity index (χ2v) is 15.4. The molecule has 0 fully saturated rings. The Kier molecular flexibility index (Phi) is 9.47. The van der Waals surface area contributed by atoms with Crippen LogP contribution in [0.4, 0.5) is 0 Å². The highest BCUT2D eigenvalue weighted by Crippen LogP contribution is 2.58. The van der Waals surface area contributed by atoms with Crippen molar-refractivity contribution >= 4 is 50.0 Å². The van der Waals surface area contributed by atoms with Crippen LogP contribution in [0, 0.1) is 41.5 Å². The number of ether oxygens (including phenoxy) is 3. The number of carbonyl (C=O) groups is 1. The Balaban J connectivity index is 0.000000162. The number of fused-ring (bicyclic) bond motifs is 8. The van der Waals surface area contributed by atoms with Gasteiger partial charge in [-0.3, -0.25) is 0 Å². The van der Waals surface area contributed by atoms with Gasteiger partial charge < -0.3 is 26.6 Å². The number of aryl methyl sites for hydroxylation is 4. The number of esters is 1. The highest BCUT2D eigenvalue weighted by molar-refractivity contribution is 9.11. The van der Waals surface area contributed by atoms with Crippen molar-refractivity contribution in [3.05, 3.63) is 183 Å². The van der Waals surface area contributed by atoms with Gasteiger partial charge in [0.2, 0.25) is 0 Å². The van der Waals surface area contributed by atoms with Gasteiger partial charge in [-0.05, 0) is 130 Å². The first-order valence-corrected chi connectivity index (χ1v) is 18.8. The van der Waals surface area contributed by atoms with E-state index in [0.717, 1.165) is 86.7 Å². The Labute approximate surface area is 332 Å². The van der Waals surface area contributed by atoms with E-state index in [1.165, 1.54) is 16.7 Å². The van der Waals surface area contributed by atoms with E-state index in [1.54, 1.807) is 0 Å². The number of halogens is 3. The number of hydrogen-bond donors (Lipinski definition) is 0. The molecule has 0 saturated heterocycles. The highest BCUT2D eigenvalue weighted by Gasteiger charge is 2.54. The number of benzene rings is 6. The standard InChI is InChI=1S/C23H17BrO3.C23H19BrO.ClH/c1-12-8-10-17-20(14(12)3)26-21-18(11-9-13(2)19(21)24)23(17)16-7-5-4-6-15(16)22(25)27-23;1-13-9-11-18-20(17-8-6-5-7-14(17)2)19-12-10-15(3)21(24)23(19)25-22(18)16(13)4;/h4-11H,1-3H3;5-12H,1H2,2-4H3;1H/p-1. The summed E-state index contributed by atoms with van der Waals surface area (Å²) in [5.41, 5.74) is 12.5. The van der Waals surface area contributed by atoms with Crippen LogP contribution in [0.2, 0.25) is 0 Å². The molecular weight excluding hydrogens is 812 g/mol. The molecule has 0 saturated carbocycles. The van der Waals surface area contributed by atoms with Gasteiger partial charge in [-0.15, -0.1) is 0 Å². The monoisotopic (exact) mass is 845 g/mol. The summed E-state index contributed by atoms with van der Waals surface area (Å²) in [6.45, 7) is 16.6. The van der Waals surface area contributed by atoms with Crippen LogP contribution in [-0.2, 0) is 10.3 Å². The fraction of sp³-hybridized carbons (Fsp3) is 0.152. The molecule has 0 amide bonds. The lowest BCUT2D eigenvalue weighted by Gasteiger charge is -2.38. The molecule has 0 aromatic heterocycles. The van der Waals surface area contributed by atoms with Crippen LogP contribution in [0.25, 0.3) is 12.2 Å². The summed E-state index contributed by atoms with van der Waals surface area (Å²) in [7, 11) is 0. The molecule has 4 nitrogen and oxygen atoms in total. The van der Waals surface area contributed by atoms with Gasteiger partial charge in [0.25, 0.3) is 0 Å².